The highest BCUT2D eigenvalue weighted by atomic mass is 16.5. The predicted molar refractivity (Wildman–Crippen MR) is 67.1 cm³/mol. The Morgan fingerprint density at radius 3 is 2.81 bits per heavy atom. The molecule has 0 bridgehead atoms. The average Bonchev–Trinajstić information content (AvgIpc) is 2.28. The van der Waals surface area contributed by atoms with Crippen molar-refractivity contribution >= 4 is 5.69 Å². The molecular weight excluding hydrogens is 202 g/mol. The molecule has 1 aromatic carbocycles. The second kappa shape index (κ2) is 7.12. The number of hydrogen-bond acceptors (Lipinski definition) is 3. The second-order valence-electron chi connectivity index (χ2n) is 4.13. The summed E-state index contributed by atoms with van der Waals surface area (Å²) in [7, 11) is 1.67. The first-order chi connectivity index (χ1) is 7.72. The van der Waals surface area contributed by atoms with Crippen molar-refractivity contribution < 1.29 is 9.47 Å². The van der Waals surface area contributed by atoms with Gasteiger partial charge in [0.15, 0.2) is 0 Å². The largest absolute Gasteiger partial charge is 0.497 e. The van der Waals surface area contributed by atoms with Crippen molar-refractivity contribution in [2.45, 2.75) is 13.8 Å². The molecular formula is C13H21NO2. The van der Waals surface area contributed by atoms with E-state index >= 15 is 0 Å². The summed E-state index contributed by atoms with van der Waals surface area (Å²) in [5.74, 6) is 1.46. The Labute approximate surface area is 97.8 Å². The quantitative estimate of drug-likeness (QED) is 0.721. The maximum atomic E-state index is 5.48. The zero-order valence-corrected chi connectivity index (χ0v) is 10.3. The van der Waals surface area contributed by atoms with E-state index in [-0.39, 0.29) is 0 Å². The van der Waals surface area contributed by atoms with Crippen molar-refractivity contribution in [3.05, 3.63) is 24.3 Å². The van der Waals surface area contributed by atoms with E-state index in [4.69, 9.17) is 9.47 Å². The van der Waals surface area contributed by atoms with Crippen LogP contribution < -0.4 is 10.1 Å². The van der Waals surface area contributed by atoms with E-state index in [2.05, 4.69) is 19.2 Å². The van der Waals surface area contributed by atoms with E-state index in [1.54, 1.807) is 7.11 Å². The fraction of sp³-hybridized carbons (Fsp3) is 0.538. The molecule has 0 amide bonds. The lowest BCUT2D eigenvalue weighted by Gasteiger charge is -2.09. The van der Waals surface area contributed by atoms with Crippen molar-refractivity contribution in [2.75, 3.05) is 32.2 Å². The molecule has 0 fully saturated rings. The van der Waals surface area contributed by atoms with Gasteiger partial charge in [0.2, 0.25) is 0 Å². The standard InChI is InChI=1S/C13H21NO2/c1-11(2)10-16-8-7-14-12-5-4-6-13(9-12)15-3/h4-6,9,11,14H,7-8,10H2,1-3H3. The van der Waals surface area contributed by atoms with Crippen LogP contribution in [0, 0.1) is 5.92 Å². The maximum Gasteiger partial charge on any atom is 0.120 e. The Morgan fingerprint density at radius 1 is 1.31 bits per heavy atom. The van der Waals surface area contributed by atoms with Gasteiger partial charge in [0, 0.05) is 24.9 Å². The summed E-state index contributed by atoms with van der Waals surface area (Å²) >= 11 is 0. The highest BCUT2D eigenvalue weighted by molar-refractivity contribution is 5.47. The Balaban J connectivity index is 2.21. The number of hydrogen-bond donors (Lipinski definition) is 1. The molecule has 0 unspecified atom stereocenters. The van der Waals surface area contributed by atoms with Crippen molar-refractivity contribution in [1.82, 2.24) is 0 Å². The van der Waals surface area contributed by atoms with Crippen LogP contribution in [0.2, 0.25) is 0 Å². The summed E-state index contributed by atoms with van der Waals surface area (Å²) in [6, 6.07) is 7.89. The summed E-state index contributed by atoms with van der Waals surface area (Å²) in [5, 5.41) is 3.29. The molecule has 0 atom stereocenters. The fourth-order valence-corrected chi connectivity index (χ4v) is 1.32. The van der Waals surface area contributed by atoms with Gasteiger partial charge in [0.05, 0.1) is 13.7 Å². The third kappa shape index (κ3) is 5.03. The van der Waals surface area contributed by atoms with Crippen molar-refractivity contribution in [1.29, 1.82) is 0 Å². The van der Waals surface area contributed by atoms with Crippen molar-refractivity contribution in [3.8, 4) is 5.75 Å². The molecule has 90 valence electrons. The highest BCUT2D eigenvalue weighted by Gasteiger charge is 1.96. The number of methoxy groups -OCH3 is 1. The Kier molecular flexibility index (Phi) is 5.72. The van der Waals surface area contributed by atoms with Gasteiger partial charge in [-0.15, -0.1) is 0 Å². The van der Waals surface area contributed by atoms with E-state index in [9.17, 15) is 0 Å². The van der Waals surface area contributed by atoms with Gasteiger partial charge in [0.25, 0.3) is 0 Å². The van der Waals surface area contributed by atoms with Gasteiger partial charge >= 0.3 is 0 Å². The van der Waals surface area contributed by atoms with Crippen LogP contribution in [0.1, 0.15) is 13.8 Å². The fourth-order valence-electron chi connectivity index (χ4n) is 1.32. The first kappa shape index (κ1) is 12.8. The Hall–Kier alpha value is -1.22. The molecule has 0 aliphatic rings. The number of ether oxygens (including phenoxy) is 2. The lowest BCUT2D eigenvalue weighted by Crippen LogP contribution is -2.12. The van der Waals surface area contributed by atoms with Crippen LogP contribution in [-0.4, -0.2) is 26.9 Å². The molecule has 0 saturated heterocycles. The lowest BCUT2D eigenvalue weighted by molar-refractivity contribution is 0.118. The first-order valence-corrected chi connectivity index (χ1v) is 5.68. The van der Waals surface area contributed by atoms with Crippen LogP contribution >= 0.6 is 0 Å². The number of nitrogens with one attached hydrogen (secondary N) is 1. The second-order valence-corrected chi connectivity index (χ2v) is 4.13. The molecule has 3 heteroatoms. The number of anilines is 1. The molecule has 0 aliphatic carbocycles. The third-order valence-electron chi connectivity index (χ3n) is 2.10. The van der Waals surface area contributed by atoms with Crippen LogP contribution in [0.4, 0.5) is 5.69 Å². The minimum atomic E-state index is 0.594. The van der Waals surface area contributed by atoms with Crippen LogP contribution in [0.25, 0.3) is 0 Å². The SMILES string of the molecule is COc1cccc(NCCOCC(C)C)c1. The first-order valence-electron chi connectivity index (χ1n) is 5.68. The van der Waals surface area contributed by atoms with E-state index in [1.807, 2.05) is 24.3 Å². The smallest absolute Gasteiger partial charge is 0.120 e. The van der Waals surface area contributed by atoms with Gasteiger partial charge < -0.3 is 14.8 Å². The van der Waals surface area contributed by atoms with E-state index in [1.165, 1.54) is 0 Å². The molecule has 0 aliphatic heterocycles. The summed E-state index contributed by atoms with van der Waals surface area (Å²) in [5.41, 5.74) is 1.06. The molecule has 1 N–H and O–H groups in total. The van der Waals surface area contributed by atoms with E-state index in [0.29, 0.717) is 5.92 Å². The minimum Gasteiger partial charge on any atom is -0.497 e. The molecule has 1 rings (SSSR count). The van der Waals surface area contributed by atoms with Crippen molar-refractivity contribution in [3.63, 3.8) is 0 Å². The van der Waals surface area contributed by atoms with Gasteiger partial charge in [-0.3, -0.25) is 0 Å². The average molecular weight is 223 g/mol. The molecule has 16 heavy (non-hydrogen) atoms. The Bertz CT molecular complexity index is 300. The molecule has 0 heterocycles. The molecule has 0 spiro atoms. The van der Waals surface area contributed by atoms with Crippen LogP contribution in [0.15, 0.2) is 24.3 Å². The minimum absolute atomic E-state index is 0.594. The third-order valence-corrected chi connectivity index (χ3v) is 2.10. The van der Waals surface area contributed by atoms with Crippen LogP contribution in [-0.2, 0) is 4.74 Å². The summed E-state index contributed by atoms with van der Waals surface area (Å²) in [6.45, 7) is 6.67. The number of benzene rings is 1. The monoisotopic (exact) mass is 223 g/mol. The van der Waals surface area contributed by atoms with E-state index < -0.39 is 0 Å². The maximum absolute atomic E-state index is 5.48. The normalized spacial score (nSPS) is 10.5. The van der Waals surface area contributed by atoms with Crippen LogP contribution in [0.5, 0.6) is 5.75 Å². The van der Waals surface area contributed by atoms with Crippen molar-refractivity contribution in [2.24, 2.45) is 5.92 Å². The van der Waals surface area contributed by atoms with Gasteiger partial charge in [-0.2, -0.15) is 0 Å². The van der Waals surface area contributed by atoms with Gasteiger partial charge in [0.1, 0.15) is 5.75 Å². The zero-order valence-electron chi connectivity index (χ0n) is 10.3. The van der Waals surface area contributed by atoms with Gasteiger partial charge in [-0.1, -0.05) is 19.9 Å². The molecule has 0 aromatic heterocycles. The number of rotatable bonds is 7. The lowest BCUT2D eigenvalue weighted by atomic mass is 10.2. The van der Waals surface area contributed by atoms with Gasteiger partial charge in [-0.05, 0) is 18.1 Å². The predicted octanol–water partition coefficient (Wildman–Crippen LogP) is 2.78. The summed E-state index contributed by atoms with van der Waals surface area (Å²) < 4.78 is 10.6. The van der Waals surface area contributed by atoms with E-state index in [0.717, 1.165) is 31.2 Å². The topological polar surface area (TPSA) is 30.5 Å². The van der Waals surface area contributed by atoms with Gasteiger partial charge in [-0.25, -0.2) is 0 Å². The Morgan fingerprint density at radius 2 is 2.12 bits per heavy atom. The summed E-state index contributed by atoms with van der Waals surface area (Å²) in [6.07, 6.45) is 0. The zero-order chi connectivity index (χ0) is 11.8. The highest BCUT2D eigenvalue weighted by Crippen LogP contribution is 2.16. The molecule has 3 nitrogen and oxygen atoms in total. The molecule has 0 radical (unpaired) electrons. The molecule has 1 aromatic rings. The van der Waals surface area contributed by atoms with Crippen LogP contribution in [0.3, 0.4) is 0 Å². The molecule has 0 saturated carbocycles. The summed E-state index contributed by atoms with van der Waals surface area (Å²) in [4.78, 5) is 0.